The largest absolute Gasteiger partial charge is 0.334 e. The van der Waals surface area contributed by atoms with Crippen LogP contribution in [0.2, 0.25) is 0 Å². The van der Waals surface area contributed by atoms with E-state index in [2.05, 4.69) is 243 Å². The third kappa shape index (κ3) is 6.14. The zero-order chi connectivity index (χ0) is 51.2. The zero-order valence-corrected chi connectivity index (χ0v) is 46.3. The Morgan fingerprint density at radius 3 is 1.88 bits per heavy atom. The Morgan fingerprint density at radius 2 is 1.15 bits per heavy atom. The second-order valence-electron chi connectivity index (χ2n) is 25.8. The lowest BCUT2D eigenvalue weighted by molar-refractivity contribution is 0.194. The first-order valence-corrected chi connectivity index (χ1v) is 28.2. The van der Waals surface area contributed by atoms with Gasteiger partial charge in [-0.05, 0) is 172 Å². The summed E-state index contributed by atoms with van der Waals surface area (Å²) in [7, 11) is 0. The van der Waals surface area contributed by atoms with Crippen LogP contribution in [0.15, 0.2) is 146 Å². The van der Waals surface area contributed by atoms with Gasteiger partial charge in [0.05, 0.1) is 11.2 Å². The minimum Gasteiger partial charge on any atom is -0.334 e. The number of hydrogen-bond donors (Lipinski definition) is 0. The van der Waals surface area contributed by atoms with Gasteiger partial charge in [-0.1, -0.05) is 160 Å². The predicted octanol–water partition coefficient (Wildman–Crippen LogP) is 17.4. The van der Waals surface area contributed by atoms with Crippen LogP contribution in [0.1, 0.15) is 134 Å². The summed E-state index contributed by atoms with van der Waals surface area (Å²) in [4.78, 5) is 8.28. The van der Waals surface area contributed by atoms with Crippen LogP contribution in [0.3, 0.4) is 0 Å². The summed E-state index contributed by atoms with van der Waals surface area (Å²) in [6.07, 6.45) is 4.79. The molecule has 0 spiro atoms. The number of hydrogen-bond acceptors (Lipinski definition) is 4. The van der Waals surface area contributed by atoms with Crippen molar-refractivity contribution in [3.63, 3.8) is 0 Å². The lowest BCUT2D eigenvalue weighted by Gasteiger charge is -2.51. The van der Waals surface area contributed by atoms with Crippen molar-refractivity contribution in [2.24, 2.45) is 0 Å². The fourth-order valence-corrected chi connectivity index (χ4v) is 16.3. The average Bonchev–Trinajstić information content (AvgIpc) is 3.93. The van der Waals surface area contributed by atoms with Gasteiger partial charge in [0.1, 0.15) is 0 Å². The molecule has 8 aromatic carbocycles. The zero-order valence-electron chi connectivity index (χ0n) is 45.5. The van der Waals surface area contributed by atoms with Gasteiger partial charge in [-0.3, -0.25) is 0 Å². The highest BCUT2D eigenvalue weighted by molar-refractivity contribution is 7.26. The maximum absolute atomic E-state index is 2.86. The molecule has 5 aliphatic rings. The minimum atomic E-state index is -0.158. The van der Waals surface area contributed by atoms with Crippen molar-refractivity contribution in [3.05, 3.63) is 185 Å². The first-order chi connectivity index (χ1) is 35.3. The van der Waals surface area contributed by atoms with E-state index < -0.39 is 0 Å². The lowest BCUT2D eigenvalue weighted by atomic mass is 9.33. The van der Waals surface area contributed by atoms with E-state index in [1.165, 1.54) is 146 Å². The third-order valence-corrected chi connectivity index (χ3v) is 20.2. The summed E-state index contributed by atoms with van der Waals surface area (Å²) in [6.45, 7) is 29.0. The van der Waals surface area contributed by atoms with E-state index in [0.29, 0.717) is 0 Å². The molecule has 368 valence electrons. The summed E-state index contributed by atoms with van der Waals surface area (Å²) in [5.74, 6) is 0. The van der Waals surface area contributed by atoms with E-state index in [9.17, 15) is 0 Å². The van der Waals surface area contributed by atoms with E-state index in [-0.39, 0.29) is 33.9 Å². The lowest BCUT2D eigenvalue weighted by Crippen LogP contribution is -2.61. The Hall–Kier alpha value is -6.56. The van der Waals surface area contributed by atoms with Crippen molar-refractivity contribution in [1.29, 1.82) is 0 Å². The molecule has 0 N–H and O–H groups in total. The highest BCUT2D eigenvalue weighted by Crippen LogP contribution is 2.63. The maximum Gasteiger partial charge on any atom is 0.252 e. The normalized spacial score (nSPS) is 20.1. The van der Waals surface area contributed by atoms with Crippen LogP contribution in [0.4, 0.5) is 45.5 Å². The second kappa shape index (κ2) is 15.3. The van der Waals surface area contributed by atoms with Crippen LogP contribution in [0.25, 0.3) is 31.3 Å². The molecule has 1 fully saturated rings. The molecule has 1 saturated carbocycles. The van der Waals surface area contributed by atoms with Gasteiger partial charge in [0, 0.05) is 70.8 Å². The van der Waals surface area contributed by atoms with Crippen molar-refractivity contribution in [2.75, 3.05) is 14.7 Å². The molecule has 3 aliphatic heterocycles. The molecule has 0 saturated heterocycles. The van der Waals surface area contributed by atoms with E-state index in [1.54, 1.807) is 5.56 Å². The quantitative estimate of drug-likeness (QED) is 0.163. The molecule has 14 rings (SSSR count). The monoisotopic (exact) mass is 982 g/mol. The number of anilines is 8. The van der Waals surface area contributed by atoms with Crippen molar-refractivity contribution in [2.45, 2.75) is 136 Å². The average molecular weight is 982 g/mol. The standard InChI is InChI=1S/C69H68BN3S/c1-41-34-42(2)63-57(35-41)73(69(12)33-18-17-32-68(63,69)11)46-39-58-64-59(40-46)72(54-23-19-25-61-62(54)49-21-14-16-24-60(49)74-61)56-37-44(66(6,7)8)27-31-53(56)70(64)52-30-26-43(65(3,4)5)36-55(52)71(58)45-28-29-48-47-20-13-15-22-50(47)67(9,10)51(48)38-45/h13-16,19-31,34-40H,17-18,32-33H2,1-12H3. The molecular formula is C69H68BN3S. The molecular weight excluding hydrogens is 914 g/mol. The van der Waals surface area contributed by atoms with Crippen LogP contribution in [-0.2, 0) is 21.7 Å². The predicted molar refractivity (Wildman–Crippen MR) is 321 cm³/mol. The van der Waals surface area contributed by atoms with Crippen molar-refractivity contribution < 1.29 is 0 Å². The van der Waals surface area contributed by atoms with Crippen molar-refractivity contribution in [3.8, 4) is 11.1 Å². The Morgan fingerprint density at radius 1 is 0.514 bits per heavy atom. The van der Waals surface area contributed by atoms with Gasteiger partial charge in [-0.15, -0.1) is 11.3 Å². The Bertz CT molecular complexity index is 3900. The number of aryl methyl sites for hydroxylation is 2. The number of fused-ring (bicyclic) bond motifs is 13. The fraction of sp³-hybridized carbons (Fsp3) is 0.304. The Balaban J connectivity index is 1.14. The summed E-state index contributed by atoms with van der Waals surface area (Å²) in [6, 6.07) is 57.9. The van der Waals surface area contributed by atoms with Gasteiger partial charge in [-0.2, -0.15) is 0 Å². The fourth-order valence-electron chi connectivity index (χ4n) is 15.1. The maximum atomic E-state index is 2.86. The molecule has 5 heteroatoms. The summed E-state index contributed by atoms with van der Waals surface area (Å²) >= 11 is 1.91. The summed E-state index contributed by atoms with van der Waals surface area (Å²) in [5.41, 5.74) is 26.3. The third-order valence-electron chi connectivity index (χ3n) is 19.0. The minimum absolute atomic E-state index is 0.00554. The van der Waals surface area contributed by atoms with Crippen molar-refractivity contribution in [1.82, 2.24) is 0 Å². The molecule has 2 unspecified atom stereocenters. The number of rotatable bonds is 3. The van der Waals surface area contributed by atoms with Crippen LogP contribution in [-0.4, -0.2) is 12.3 Å². The van der Waals surface area contributed by atoms with Gasteiger partial charge >= 0.3 is 0 Å². The van der Waals surface area contributed by atoms with E-state index in [4.69, 9.17) is 0 Å². The topological polar surface area (TPSA) is 9.72 Å². The Kier molecular flexibility index (Phi) is 9.50. The van der Waals surface area contributed by atoms with Crippen LogP contribution >= 0.6 is 11.3 Å². The number of thiophene rings is 1. The SMILES string of the molecule is Cc1cc(C)c2c(c1)N(c1cc3c4c(c1)N(c1cccc5sc6ccccc6c15)c1cc(C(C)(C)C)ccc1B4c1ccc(C(C)(C)C)cc1N3c1ccc3c(c1)C(C)(C)c1ccccc1-3)C1(C)CCCCC21C. The van der Waals surface area contributed by atoms with Gasteiger partial charge in [0.15, 0.2) is 0 Å². The van der Waals surface area contributed by atoms with Gasteiger partial charge in [-0.25, -0.2) is 0 Å². The number of nitrogens with zero attached hydrogens (tertiary/aromatic N) is 3. The van der Waals surface area contributed by atoms with Crippen LogP contribution in [0.5, 0.6) is 0 Å². The highest BCUT2D eigenvalue weighted by Gasteiger charge is 2.59. The molecule has 74 heavy (non-hydrogen) atoms. The molecule has 0 amide bonds. The van der Waals surface area contributed by atoms with E-state index >= 15 is 0 Å². The molecule has 3 nitrogen and oxygen atoms in total. The first-order valence-electron chi connectivity index (χ1n) is 27.4. The molecule has 1 aromatic heterocycles. The van der Waals surface area contributed by atoms with Crippen LogP contribution in [0, 0.1) is 13.8 Å². The molecule has 0 bridgehead atoms. The molecule has 0 radical (unpaired) electrons. The summed E-state index contributed by atoms with van der Waals surface area (Å²) in [5, 5.41) is 2.64. The Labute approximate surface area is 444 Å². The van der Waals surface area contributed by atoms with Crippen molar-refractivity contribution >= 4 is 100 Å². The first kappa shape index (κ1) is 46.0. The smallest absolute Gasteiger partial charge is 0.252 e. The van der Waals surface area contributed by atoms with E-state index in [0.717, 1.165) is 6.42 Å². The highest BCUT2D eigenvalue weighted by atomic mass is 32.1. The second-order valence-corrected chi connectivity index (χ2v) is 26.9. The molecule has 4 heterocycles. The molecule has 2 atom stereocenters. The van der Waals surface area contributed by atoms with Gasteiger partial charge in [0.25, 0.3) is 6.71 Å². The van der Waals surface area contributed by atoms with Gasteiger partial charge in [0.2, 0.25) is 0 Å². The van der Waals surface area contributed by atoms with Crippen LogP contribution < -0.4 is 31.1 Å². The summed E-state index contributed by atoms with van der Waals surface area (Å²) < 4.78 is 2.64. The van der Waals surface area contributed by atoms with E-state index in [1.807, 2.05) is 11.3 Å². The molecule has 2 aliphatic carbocycles. The molecule has 9 aromatic rings. The number of benzene rings is 8. The van der Waals surface area contributed by atoms with Gasteiger partial charge < -0.3 is 14.7 Å².